The van der Waals surface area contributed by atoms with Gasteiger partial charge in [0.15, 0.2) is 11.0 Å². The predicted octanol–water partition coefficient (Wildman–Crippen LogP) is 4.83. The van der Waals surface area contributed by atoms with Gasteiger partial charge in [0.1, 0.15) is 5.75 Å². The number of hydrogen-bond acceptors (Lipinski definition) is 6. The fraction of sp³-hybridized carbons (Fsp3) is 0.200. The summed E-state index contributed by atoms with van der Waals surface area (Å²) in [7, 11) is 0. The third kappa shape index (κ3) is 6.15. The van der Waals surface area contributed by atoms with E-state index in [4.69, 9.17) is 16.3 Å². The lowest BCUT2D eigenvalue weighted by Crippen LogP contribution is -2.27. The Kier molecular flexibility index (Phi) is 8.17. The number of benzene rings is 2. The summed E-state index contributed by atoms with van der Waals surface area (Å²) in [5, 5.41) is 13.1. The van der Waals surface area contributed by atoms with Gasteiger partial charge in [0.05, 0.1) is 12.4 Å². The highest BCUT2D eigenvalue weighted by Crippen LogP contribution is 2.28. The average Bonchev–Trinajstić information content (AvgIpc) is 3.29. The van der Waals surface area contributed by atoms with E-state index in [9.17, 15) is 4.79 Å². The van der Waals surface area contributed by atoms with E-state index in [0.717, 1.165) is 29.0 Å². The number of carbonyl (C=O) groups excluding carboxylic acids is 1. The number of aromatic nitrogens is 4. The molecule has 0 radical (unpaired) electrons. The number of hydrogen-bond donors (Lipinski definition) is 1. The standard InChI is InChI=1S/C25H24ClN5O2S/c1-2-33-22-9-7-21(8-10-22)31-24(19-12-14-27-15-13-19)29-30-25(31)34-17-23(32)28-16-11-18-3-5-20(26)6-4-18/h3-10,12-15H,2,11,16-17H2,1H3,(H,28,32). The van der Waals surface area contributed by atoms with Crippen molar-refractivity contribution in [2.24, 2.45) is 0 Å². The molecule has 0 saturated heterocycles. The highest BCUT2D eigenvalue weighted by molar-refractivity contribution is 7.99. The molecule has 34 heavy (non-hydrogen) atoms. The van der Waals surface area contributed by atoms with Gasteiger partial charge in [0.25, 0.3) is 0 Å². The zero-order chi connectivity index (χ0) is 23.8. The summed E-state index contributed by atoms with van der Waals surface area (Å²) < 4.78 is 7.51. The van der Waals surface area contributed by atoms with E-state index in [-0.39, 0.29) is 11.7 Å². The number of amides is 1. The van der Waals surface area contributed by atoms with Crippen molar-refractivity contribution in [1.82, 2.24) is 25.1 Å². The lowest BCUT2D eigenvalue weighted by atomic mass is 10.1. The minimum atomic E-state index is -0.0642. The van der Waals surface area contributed by atoms with E-state index >= 15 is 0 Å². The lowest BCUT2D eigenvalue weighted by Gasteiger charge is -2.11. The first-order chi connectivity index (χ1) is 16.6. The number of ether oxygens (including phenoxy) is 1. The molecule has 0 aliphatic rings. The normalized spacial score (nSPS) is 10.8. The molecule has 9 heteroatoms. The lowest BCUT2D eigenvalue weighted by molar-refractivity contribution is -0.118. The monoisotopic (exact) mass is 493 g/mol. The van der Waals surface area contributed by atoms with E-state index in [1.807, 2.05) is 72.2 Å². The van der Waals surface area contributed by atoms with Gasteiger partial charge in [-0.15, -0.1) is 10.2 Å². The van der Waals surface area contributed by atoms with Gasteiger partial charge in [-0.05, 0) is 67.4 Å². The minimum Gasteiger partial charge on any atom is -0.494 e. The second-order valence-electron chi connectivity index (χ2n) is 7.32. The maximum atomic E-state index is 12.5. The molecule has 0 saturated carbocycles. The SMILES string of the molecule is CCOc1ccc(-n2c(SCC(=O)NCCc3ccc(Cl)cc3)nnc2-c2ccncc2)cc1. The van der Waals surface area contributed by atoms with Gasteiger partial charge in [-0.2, -0.15) is 0 Å². The summed E-state index contributed by atoms with van der Waals surface area (Å²) in [6, 6.07) is 19.1. The highest BCUT2D eigenvalue weighted by atomic mass is 35.5. The Bertz CT molecular complexity index is 1210. The Morgan fingerprint density at radius 1 is 1.03 bits per heavy atom. The molecule has 1 amide bonds. The van der Waals surface area contributed by atoms with E-state index in [0.29, 0.717) is 29.2 Å². The quantitative estimate of drug-likeness (QED) is 0.318. The van der Waals surface area contributed by atoms with Crippen LogP contribution >= 0.6 is 23.4 Å². The highest BCUT2D eigenvalue weighted by Gasteiger charge is 2.17. The molecule has 2 heterocycles. The maximum absolute atomic E-state index is 12.5. The number of nitrogens with zero attached hydrogens (tertiary/aromatic N) is 4. The molecule has 0 bridgehead atoms. The van der Waals surface area contributed by atoms with Gasteiger partial charge in [-0.3, -0.25) is 14.3 Å². The number of carbonyl (C=O) groups is 1. The molecule has 174 valence electrons. The summed E-state index contributed by atoms with van der Waals surface area (Å²) in [6.45, 7) is 3.10. The van der Waals surface area contributed by atoms with Crippen LogP contribution in [0.3, 0.4) is 0 Å². The van der Waals surface area contributed by atoms with Crippen molar-refractivity contribution in [3.05, 3.63) is 83.6 Å². The van der Waals surface area contributed by atoms with E-state index in [2.05, 4.69) is 20.5 Å². The number of rotatable bonds is 10. The maximum Gasteiger partial charge on any atom is 0.230 e. The van der Waals surface area contributed by atoms with Gasteiger partial charge in [-0.25, -0.2) is 0 Å². The average molecular weight is 494 g/mol. The van der Waals surface area contributed by atoms with Crippen LogP contribution in [0, 0.1) is 0 Å². The first kappa shape index (κ1) is 23.8. The molecule has 4 aromatic rings. The smallest absolute Gasteiger partial charge is 0.230 e. The molecule has 2 aromatic carbocycles. The zero-order valence-electron chi connectivity index (χ0n) is 18.6. The van der Waals surface area contributed by atoms with E-state index in [1.165, 1.54) is 11.8 Å². The first-order valence-electron chi connectivity index (χ1n) is 10.9. The molecule has 7 nitrogen and oxygen atoms in total. The van der Waals surface area contributed by atoms with Crippen molar-refractivity contribution in [1.29, 1.82) is 0 Å². The zero-order valence-corrected chi connectivity index (χ0v) is 20.2. The van der Waals surface area contributed by atoms with E-state index in [1.54, 1.807) is 12.4 Å². The van der Waals surface area contributed by atoms with Gasteiger partial charge >= 0.3 is 0 Å². The Hall–Kier alpha value is -3.36. The second-order valence-corrected chi connectivity index (χ2v) is 8.70. The van der Waals surface area contributed by atoms with Gasteiger partial charge < -0.3 is 10.1 Å². The Balaban J connectivity index is 1.46. The van der Waals surface area contributed by atoms with Crippen molar-refractivity contribution in [3.63, 3.8) is 0 Å². The summed E-state index contributed by atoms with van der Waals surface area (Å²) >= 11 is 7.26. The Labute approximate surface area is 207 Å². The number of halogens is 1. The van der Waals surface area contributed by atoms with Crippen LogP contribution in [-0.2, 0) is 11.2 Å². The molecule has 0 spiro atoms. The fourth-order valence-electron chi connectivity index (χ4n) is 3.32. The van der Waals surface area contributed by atoms with Crippen molar-refractivity contribution < 1.29 is 9.53 Å². The molecule has 2 aromatic heterocycles. The van der Waals surface area contributed by atoms with Crippen LogP contribution in [0.1, 0.15) is 12.5 Å². The van der Waals surface area contributed by atoms with Gasteiger partial charge in [-0.1, -0.05) is 35.5 Å². The van der Waals surface area contributed by atoms with Crippen molar-refractivity contribution in [3.8, 4) is 22.8 Å². The Morgan fingerprint density at radius 3 is 2.47 bits per heavy atom. The first-order valence-corrected chi connectivity index (χ1v) is 12.2. The third-order valence-electron chi connectivity index (χ3n) is 4.96. The topological polar surface area (TPSA) is 81.9 Å². The fourth-order valence-corrected chi connectivity index (χ4v) is 4.23. The molecule has 0 fully saturated rings. The van der Waals surface area contributed by atoms with Crippen molar-refractivity contribution in [2.45, 2.75) is 18.5 Å². The summed E-state index contributed by atoms with van der Waals surface area (Å²) in [4.78, 5) is 16.6. The second kappa shape index (κ2) is 11.7. The number of nitrogens with one attached hydrogen (secondary N) is 1. The molecule has 0 unspecified atom stereocenters. The molecule has 1 N–H and O–H groups in total. The molecular weight excluding hydrogens is 470 g/mol. The predicted molar refractivity (Wildman–Crippen MR) is 135 cm³/mol. The third-order valence-corrected chi connectivity index (χ3v) is 6.14. The summed E-state index contributed by atoms with van der Waals surface area (Å²) in [5.74, 6) is 1.63. The van der Waals surface area contributed by atoms with E-state index < -0.39 is 0 Å². The molecular formula is C25H24ClN5O2S. The van der Waals surface area contributed by atoms with Gasteiger partial charge in [0, 0.05) is 35.2 Å². The van der Waals surface area contributed by atoms with Crippen LogP contribution in [0.5, 0.6) is 5.75 Å². The van der Waals surface area contributed by atoms with Crippen molar-refractivity contribution in [2.75, 3.05) is 18.9 Å². The summed E-state index contributed by atoms with van der Waals surface area (Å²) in [5.41, 5.74) is 2.89. The van der Waals surface area contributed by atoms with Crippen LogP contribution in [0.2, 0.25) is 5.02 Å². The number of pyridine rings is 1. The molecule has 4 rings (SSSR count). The van der Waals surface area contributed by atoms with Crippen LogP contribution in [0.25, 0.3) is 17.1 Å². The molecule has 0 aliphatic heterocycles. The molecule has 0 aliphatic carbocycles. The van der Waals surface area contributed by atoms with Crippen LogP contribution in [0.4, 0.5) is 0 Å². The van der Waals surface area contributed by atoms with Crippen molar-refractivity contribution >= 4 is 29.3 Å². The summed E-state index contributed by atoms with van der Waals surface area (Å²) in [6.07, 6.45) is 4.17. The van der Waals surface area contributed by atoms with Crippen LogP contribution < -0.4 is 10.1 Å². The Morgan fingerprint density at radius 2 is 1.76 bits per heavy atom. The van der Waals surface area contributed by atoms with Crippen LogP contribution in [0.15, 0.2) is 78.2 Å². The van der Waals surface area contributed by atoms with Crippen LogP contribution in [-0.4, -0.2) is 44.6 Å². The number of thioether (sulfide) groups is 1. The largest absolute Gasteiger partial charge is 0.494 e. The minimum absolute atomic E-state index is 0.0642. The van der Waals surface area contributed by atoms with Gasteiger partial charge in [0.2, 0.25) is 5.91 Å². The molecule has 0 atom stereocenters.